The first-order valence-corrected chi connectivity index (χ1v) is 6.00. The van der Waals surface area contributed by atoms with E-state index in [1.54, 1.807) is 0 Å². The van der Waals surface area contributed by atoms with E-state index in [1.165, 1.54) is 5.56 Å². The summed E-state index contributed by atoms with van der Waals surface area (Å²) in [6.07, 6.45) is 2.79. The van der Waals surface area contributed by atoms with E-state index in [2.05, 4.69) is 45.6 Å². The van der Waals surface area contributed by atoms with E-state index in [1.807, 2.05) is 18.2 Å². The molecule has 0 spiro atoms. The van der Waals surface area contributed by atoms with Gasteiger partial charge in [0.15, 0.2) is 0 Å². The van der Waals surface area contributed by atoms with Gasteiger partial charge in [0.05, 0.1) is 12.6 Å². The highest BCUT2D eigenvalue weighted by molar-refractivity contribution is 9.10. The Balaban J connectivity index is 2.45. The Morgan fingerprint density at radius 1 is 1.38 bits per heavy atom. The number of benzene rings is 1. The van der Waals surface area contributed by atoms with Crippen molar-refractivity contribution in [3.8, 4) is 6.07 Å². The molecule has 84 valence electrons. The molecule has 16 heavy (non-hydrogen) atoms. The first kappa shape index (κ1) is 13.0. The second-order valence-electron chi connectivity index (χ2n) is 3.56. The van der Waals surface area contributed by atoms with Crippen LogP contribution < -0.4 is 0 Å². The van der Waals surface area contributed by atoms with Gasteiger partial charge < -0.3 is 0 Å². The van der Waals surface area contributed by atoms with E-state index in [0.29, 0.717) is 6.54 Å². The molecule has 1 rings (SSSR count). The predicted octanol–water partition coefficient (Wildman–Crippen LogP) is 3.00. The van der Waals surface area contributed by atoms with Gasteiger partial charge in [-0.3, -0.25) is 4.90 Å². The van der Waals surface area contributed by atoms with Crippen molar-refractivity contribution < 1.29 is 0 Å². The number of rotatable bonds is 6. The molecule has 0 fully saturated rings. The summed E-state index contributed by atoms with van der Waals surface area (Å²) >= 11 is 3.41. The highest BCUT2D eigenvalue weighted by atomic mass is 79.9. The molecular weight excluding hydrogens is 264 g/mol. The molecule has 1 aromatic carbocycles. The summed E-state index contributed by atoms with van der Waals surface area (Å²) in [5, 5.41) is 8.66. The van der Waals surface area contributed by atoms with Gasteiger partial charge in [0.25, 0.3) is 0 Å². The third-order valence-electron chi connectivity index (χ3n) is 2.31. The van der Waals surface area contributed by atoms with Crippen LogP contribution in [0, 0.1) is 11.3 Å². The molecule has 0 aromatic heterocycles. The van der Waals surface area contributed by atoms with Crippen LogP contribution in [-0.4, -0.2) is 24.5 Å². The molecular formula is C13H15BrN2. The minimum atomic E-state index is 0.461. The van der Waals surface area contributed by atoms with E-state index in [0.717, 1.165) is 24.0 Å². The largest absolute Gasteiger partial charge is 0.287 e. The maximum atomic E-state index is 8.66. The normalized spacial score (nSPS) is 10.1. The van der Waals surface area contributed by atoms with E-state index in [-0.39, 0.29) is 0 Å². The summed E-state index contributed by atoms with van der Waals surface area (Å²) in [5.41, 5.74) is 1.29. The molecule has 1 aromatic rings. The van der Waals surface area contributed by atoms with Crippen LogP contribution in [0.15, 0.2) is 41.4 Å². The highest BCUT2D eigenvalue weighted by Crippen LogP contribution is 2.11. The van der Waals surface area contributed by atoms with Crippen LogP contribution in [0.4, 0.5) is 0 Å². The quantitative estimate of drug-likeness (QED) is 0.591. The molecule has 0 radical (unpaired) electrons. The first-order valence-electron chi connectivity index (χ1n) is 5.21. The zero-order valence-corrected chi connectivity index (χ0v) is 10.8. The Hall–Kier alpha value is -1.11. The average molecular weight is 279 g/mol. The SMILES string of the molecule is C=CCN(CC#N)CCc1ccc(Br)cc1. The molecule has 0 bridgehead atoms. The second-order valence-corrected chi connectivity index (χ2v) is 4.47. The van der Waals surface area contributed by atoms with Crippen molar-refractivity contribution in [3.63, 3.8) is 0 Å². The number of nitriles is 1. The van der Waals surface area contributed by atoms with Crippen LogP contribution in [0.3, 0.4) is 0 Å². The van der Waals surface area contributed by atoms with Crippen LogP contribution in [0.25, 0.3) is 0 Å². The number of hydrogen-bond acceptors (Lipinski definition) is 2. The lowest BCUT2D eigenvalue weighted by molar-refractivity contribution is 0.343. The summed E-state index contributed by atoms with van der Waals surface area (Å²) in [4.78, 5) is 2.08. The van der Waals surface area contributed by atoms with Crippen LogP contribution in [0.5, 0.6) is 0 Å². The fourth-order valence-electron chi connectivity index (χ4n) is 1.46. The third kappa shape index (κ3) is 4.61. The molecule has 2 nitrogen and oxygen atoms in total. The molecule has 0 unspecified atom stereocenters. The third-order valence-corrected chi connectivity index (χ3v) is 2.84. The summed E-state index contributed by atoms with van der Waals surface area (Å²) in [6, 6.07) is 10.4. The zero-order valence-electron chi connectivity index (χ0n) is 9.19. The van der Waals surface area contributed by atoms with E-state index >= 15 is 0 Å². The van der Waals surface area contributed by atoms with Gasteiger partial charge >= 0.3 is 0 Å². The van der Waals surface area contributed by atoms with Crippen LogP contribution in [-0.2, 0) is 6.42 Å². The monoisotopic (exact) mass is 278 g/mol. The minimum Gasteiger partial charge on any atom is -0.287 e. The van der Waals surface area contributed by atoms with Gasteiger partial charge in [-0.15, -0.1) is 6.58 Å². The van der Waals surface area contributed by atoms with Crippen molar-refractivity contribution in [2.24, 2.45) is 0 Å². The molecule has 3 heteroatoms. The number of halogens is 1. The van der Waals surface area contributed by atoms with Gasteiger partial charge in [-0.05, 0) is 24.1 Å². The van der Waals surface area contributed by atoms with Crippen LogP contribution in [0.2, 0.25) is 0 Å². The summed E-state index contributed by atoms with van der Waals surface area (Å²) in [5.74, 6) is 0. The predicted molar refractivity (Wildman–Crippen MR) is 70.1 cm³/mol. The second kappa shape index (κ2) is 7.21. The van der Waals surface area contributed by atoms with Crippen LogP contribution >= 0.6 is 15.9 Å². The van der Waals surface area contributed by atoms with Gasteiger partial charge in [0, 0.05) is 17.6 Å². The fraction of sp³-hybridized carbons (Fsp3) is 0.308. The Labute approximate surface area is 105 Å². The molecule has 0 saturated carbocycles. The lowest BCUT2D eigenvalue weighted by atomic mass is 10.1. The summed E-state index contributed by atoms with van der Waals surface area (Å²) in [6.45, 7) is 5.81. The van der Waals surface area contributed by atoms with Gasteiger partial charge in [-0.1, -0.05) is 34.1 Å². The van der Waals surface area contributed by atoms with Crippen molar-refractivity contribution in [2.75, 3.05) is 19.6 Å². The van der Waals surface area contributed by atoms with Crippen molar-refractivity contribution in [1.82, 2.24) is 4.90 Å². The number of hydrogen-bond donors (Lipinski definition) is 0. The van der Waals surface area contributed by atoms with Crippen molar-refractivity contribution in [1.29, 1.82) is 5.26 Å². The lowest BCUT2D eigenvalue weighted by Gasteiger charge is -2.16. The fourth-order valence-corrected chi connectivity index (χ4v) is 1.72. The lowest BCUT2D eigenvalue weighted by Crippen LogP contribution is -2.26. The first-order chi connectivity index (χ1) is 7.76. The number of nitrogens with zero attached hydrogens (tertiary/aromatic N) is 2. The van der Waals surface area contributed by atoms with Gasteiger partial charge in [-0.25, -0.2) is 0 Å². The smallest absolute Gasteiger partial charge is 0.0868 e. The Morgan fingerprint density at radius 3 is 2.62 bits per heavy atom. The maximum absolute atomic E-state index is 8.66. The molecule has 0 aliphatic rings. The summed E-state index contributed by atoms with van der Waals surface area (Å²) < 4.78 is 1.09. The van der Waals surface area contributed by atoms with E-state index in [4.69, 9.17) is 5.26 Å². The molecule has 0 heterocycles. The van der Waals surface area contributed by atoms with Crippen LogP contribution in [0.1, 0.15) is 5.56 Å². The zero-order chi connectivity index (χ0) is 11.8. The Kier molecular flexibility index (Phi) is 5.84. The van der Waals surface area contributed by atoms with Crippen molar-refractivity contribution in [3.05, 3.63) is 47.0 Å². The van der Waals surface area contributed by atoms with Gasteiger partial charge in [0.1, 0.15) is 0 Å². The maximum Gasteiger partial charge on any atom is 0.0868 e. The van der Waals surface area contributed by atoms with Crippen molar-refractivity contribution in [2.45, 2.75) is 6.42 Å². The molecule has 0 atom stereocenters. The highest BCUT2D eigenvalue weighted by Gasteiger charge is 2.02. The average Bonchev–Trinajstić information content (AvgIpc) is 2.29. The Bertz CT molecular complexity index is 365. The minimum absolute atomic E-state index is 0.461. The van der Waals surface area contributed by atoms with Crippen molar-refractivity contribution >= 4 is 15.9 Å². The summed E-state index contributed by atoms with van der Waals surface area (Å²) in [7, 11) is 0. The molecule has 0 aliphatic heterocycles. The van der Waals surface area contributed by atoms with E-state index in [9.17, 15) is 0 Å². The van der Waals surface area contributed by atoms with E-state index < -0.39 is 0 Å². The molecule has 0 N–H and O–H groups in total. The standard InChI is InChI=1S/C13H15BrN2/c1-2-9-16(11-8-15)10-7-12-3-5-13(14)6-4-12/h2-6H,1,7,9-11H2. The Morgan fingerprint density at radius 2 is 2.06 bits per heavy atom. The molecule has 0 aliphatic carbocycles. The molecule has 0 saturated heterocycles. The molecule has 0 amide bonds. The topological polar surface area (TPSA) is 27.0 Å². The van der Waals surface area contributed by atoms with Gasteiger partial charge in [0.2, 0.25) is 0 Å². The van der Waals surface area contributed by atoms with Gasteiger partial charge in [-0.2, -0.15) is 5.26 Å².